The van der Waals surface area contributed by atoms with Gasteiger partial charge in [0.1, 0.15) is 0 Å². The average Bonchev–Trinajstić information content (AvgIpc) is 2.82. The van der Waals surface area contributed by atoms with Gasteiger partial charge in [0.25, 0.3) is 0 Å². The Labute approximate surface area is 88.9 Å². The normalized spacial score (nSPS) is 10.1. The standard InChI is InChI=1S/C6H8N8O2/c1-3(2)7-8-5-4(10-16-11-5)6-9-12-13-14(6)15/h15H,1-2H3,(H,8,11). The van der Waals surface area contributed by atoms with Gasteiger partial charge in [-0.2, -0.15) is 5.10 Å². The quantitative estimate of drug-likeness (QED) is 0.415. The minimum absolute atomic E-state index is 0.00714. The number of rotatable bonds is 3. The number of hydrazone groups is 1. The van der Waals surface area contributed by atoms with Gasteiger partial charge in [-0.1, -0.05) is 4.85 Å². The molecule has 2 aromatic heterocycles. The third-order valence-corrected chi connectivity index (χ3v) is 1.54. The second-order valence-corrected chi connectivity index (χ2v) is 3.02. The summed E-state index contributed by atoms with van der Waals surface area (Å²) in [6.45, 7) is 3.60. The molecule has 2 heterocycles. The Kier molecular flexibility index (Phi) is 2.45. The van der Waals surface area contributed by atoms with Crippen molar-refractivity contribution < 1.29 is 9.84 Å². The Morgan fingerprint density at radius 2 is 2.25 bits per heavy atom. The molecule has 0 fully saturated rings. The summed E-state index contributed by atoms with van der Waals surface area (Å²) in [6.07, 6.45) is 0. The fourth-order valence-electron chi connectivity index (χ4n) is 0.898. The molecule has 2 aromatic rings. The highest BCUT2D eigenvalue weighted by Crippen LogP contribution is 2.20. The second-order valence-electron chi connectivity index (χ2n) is 3.02. The minimum Gasteiger partial charge on any atom is -0.409 e. The third-order valence-electron chi connectivity index (χ3n) is 1.54. The Morgan fingerprint density at radius 1 is 1.44 bits per heavy atom. The van der Waals surface area contributed by atoms with E-state index in [1.54, 1.807) is 13.8 Å². The van der Waals surface area contributed by atoms with Crippen LogP contribution in [-0.2, 0) is 0 Å². The number of tetrazole rings is 1. The van der Waals surface area contributed by atoms with Gasteiger partial charge in [-0.3, -0.25) is 5.43 Å². The fraction of sp³-hybridized carbons (Fsp3) is 0.333. The van der Waals surface area contributed by atoms with Crippen molar-refractivity contribution in [3.05, 3.63) is 0 Å². The van der Waals surface area contributed by atoms with Crippen molar-refractivity contribution in [2.45, 2.75) is 13.8 Å². The highest BCUT2D eigenvalue weighted by molar-refractivity contribution is 5.80. The summed E-state index contributed by atoms with van der Waals surface area (Å²) in [6, 6.07) is 0. The average molecular weight is 224 g/mol. The van der Waals surface area contributed by atoms with Gasteiger partial charge in [0, 0.05) is 5.71 Å². The van der Waals surface area contributed by atoms with E-state index in [-0.39, 0.29) is 17.3 Å². The van der Waals surface area contributed by atoms with Gasteiger partial charge >= 0.3 is 0 Å². The van der Waals surface area contributed by atoms with Crippen LogP contribution in [-0.4, -0.2) is 41.6 Å². The lowest BCUT2D eigenvalue weighted by molar-refractivity contribution is 0.146. The van der Waals surface area contributed by atoms with Gasteiger partial charge < -0.3 is 5.21 Å². The van der Waals surface area contributed by atoms with E-state index in [0.29, 0.717) is 4.85 Å². The molecular weight excluding hydrogens is 216 g/mol. The Bertz CT molecular complexity index is 510. The van der Waals surface area contributed by atoms with E-state index >= 15 is 0 Å². The molecule has 0 saturated carbocycles. The minimum atomic E-state index is 0.00714. The Hall–Kier alpha value is -2.52. The zero-order chi connectivity index (χ0) is 11.5. The first-order chi connectivity index (χ1) is 7.68. The summed E-state index contributed by atoms with van der Waals surface area (Å²) < 4.78 is 4.50. The maximum Gasteiger partial charge on any atom is 0.248 e. The van der Waals surface area contributed by atoms with Gasteiger partial charge in [0.05, 0.1) is 0 Å². The number of nitrogens with zero attached hydrogens (tertiary/aromatic N) is 7. The number of hydrogen-bond donors (Lipinski definition) is 2. The molecule has 10 heteroatoms. The molecule has 0 spiro atoms. The van der Waals surface area contributed by atoms with Crippen LogP contribution >= 0.6 is 0 Å². The summed E-state index contributed by atoms with van der Waals surface area (Å²) in [4.78, 5) is 0.466. The number of nitrogens with one attached hydrogen (secondary N) is 1. The molecule has 0 radical (unpaired) electrons. The van der Waals surface area contributed by atoms with Crippen molar-refractivity contribution in [1.29, 1.82) is 0 Å². The van der Waals surface area contributed by atoms with Gasteiger partial charge in [-0.05, 0) is 34.6 Å². The van der Waals surface area contributed by atoms with E-state index < -0.39 is 0 Å². The van der Waals surface area contributed by atoms with E-state index in [4.69, 9.17) is 0 Å². The molecule has 10 nitrogen and oxygen atoms in total. The summed E-state index contributed by atoms with van der Waals surface area (Å²) >= 11 is 0. The zero-order valence-electron chi connectivity index (χ0n) is 8.49. The highest BCUT2D eigenvalue weighted by atomic mass is 16.6. The second kappa shape index (κ2) is 3.92. The first kappa shape index (κ1) is 10.0. The molecule has 0 saturated heterocycles. The van der Waals surface area contributed by atoms with Crippen molar-refractivity contribution in [2.24, 2.45) is 5.10 Å². The molecular formula is C6H8N8O2. The summed E-state index contributed by atoms with van der Waals surface area (Å²) in [7, 11) is 0. The van der Waals surface area contributed by atoms with Crippen LogP contribution in [0.2, 0.25) is 0 Å². The molecule has 0 atom stereocenters. The van der Waals surface area contributed by atoms with Gasteiger partial charge in [-0.15, -0.1) is 5.10 Å². The SMILES string of the molecule is CC(C)=NNc1nonc1-c1nnnn1O. The number of aromatic nitrogens is 6. The van der Waals surface area contributed by atoms with Gasteiger partial charge in [0.15, 0.2) is 0 Å². The van der Waals surface area contributed by atoms with Crippen LogP contribution in [0, 0.1) is 0 Å². The van der Waals surface area contributed by atoms with Crippen LogP contribution in [0.15, 0.2) is 9.73 Å². The lowest BCUT2D eigenvalue weighted by atomic mass is 10.4. The van der Waals surface area contributed by atoms with Crippen molar-refractivity contribution in [1.82, 2.24) is 30.7 Å². The van der Waals surface area contributed by atoms with Crippen molar-refractivity contribution in [3.8, 4) is 11.5 Å². The van der Waals surface area contributed by atoms with E-state index in [1.165, 1.54) is 0 Å². The molecule has 0 aliphatic rings. The molecule has 0 amide bonds. The lowest BCUT2D eigenvalue weighted by Gasteiger charge is -1.96. The first-order valence-electron chi connectivity index (χ1n) is 4.26. The van der Waals surface area contributed by atoms with Crippen molar-refractivity contribution in [3.63, 3.8) is 0 Å². The summed E-state index contributed by atoms with van der Waals surface area (Å²) in [5.41, 5.74) is 3.56. The lowest BCUT2D eigenvalue weighted by Crippen LogP contribution is -2.00. The summed E-state index contributed by atoms with van der Waals surface area (Å²) in [5, 5.41) is 30.3. The van der Waals surface area contributed by atoms with Crippen LogP contribution in [0.25, 0.3) is 11.5 Å². The van der Waals surface area contributed by atoms with Crippen LogP contribution < -0.4 is 5.43 Å². The third kappa shape index (κ3) is 1.80. The van der Waals surface area contributed by atoms with Crippen LogP contribution in [0.4, 0.5) is 5.82 Å². The van der Waals surface area contributed by atoms with Crippen LogP contribution in [0.5, 0.6) is 0 Å². The van der Waals surface area contributed by atoms with Crippen molar-refractivity contribution in [2.75, 3.05) is 5.43 Å². The smallest absolute Gasteiger partial charge is 0.248 e. The Morgan fingerprint density at radius 3 is 2.88 bits per heavy atom. The molecule has 84 valence electrons. The molecule has 2 N–H and O–H groups in total. The fourth-order valence-corrected chi connectivity index (χ4v) is 0.898. The first-order valence-corrected chi connectivity index (χ1v) is 4.26. The maximum atomic E-state index is 9.23. The Balaban J connectivity index is 2.33. The predicted octanol–water partition coefficient (Wildman–Crippen LogP) is -0.232. The summed E-state index contributed by atoms with van der Waals surface area (Å²) in [5.74, 6) is 0.221. The van der Waals surface area contributed by atoms with Crippen LogP contribution in [0.1, 0.15) is 13.8 Å². The molecule has 16 heavy (non-hydrogen) atoms. The molecule has 0 aromatic carbocycles. The molecule has 2 rings (SSSR count). The maximum absolute atomic E-state index is 9.23. The largest absolute Gasteiger partial charge is 0.409 e. The molecule has 0 aliphatic heterocycles. The van der Waals surface area contributed by atoms with E-state index in [2.05, 4.69) is 41.0 Å². The number of hydrogen-bond acceptors (Lipinski definition) is 9. The molecule has 0 unspecified atom stereocenters. The predicted molar refractivity (Wildman–Crippen MR) is 50.7 cm³/mol. The van der Waals surface area contributed by atoms with Crippen molar-refractivity contribution >= 4 is 11.5 Å². The van der Waals surface area contributed by atoms with E-state index in [1.807, 2.05) is 0 Å². The topological polar surface area (TPSA) is 127 Å². The van der Waals surface area contributed by atoms with Gasteiger partial charge in [0.2, 0.25) is 17.3 Å². The molecule has 0 aliphatic carbocycles. The monoisotopic (exact) mass is 224 g/mol. The highest BCUT2D eigenvalue weighted by Gasteiger charge is 2.19. The van der Waals surface area contributed by atoms with Crippen LogP contribution in [0.3, 0.4) is 0 Å². The van der Waals surface area contributed by atoms with E-state index in [9.17, 15) is 5.21 Å². The molecule has 0 bridgehead atoms. The van der Waals surface area contributed by atoms with E-state index in [0.717, 1.165) is 5.71 Å². The van der Waals surface area contributed by atoms with Gasteiger partial charge in [-0.25, -0.2) is 4.63 Å². The zero-order valence-corrected chi connectivity index (χ0v) is 8.49. The number of anilines is 1.